The van der Waals surface area contributed by atoms with Crippen molar-refractivity contribution in [2.24, 2.45) is 5.92 Å². The minimum atomic E-state index is -0.900. The molecule has 2 atom stereocenters. The molecule has 0 saturated carbocycles. The van der Waals surface area contributed by atoms with Crippen LogP contribution in [0.1, 0.15) is 38.3 Å². The van der Waals surface area contributed by atoms with Crippen molar-refractivity contribution in [3.05, 3.63) is 29.3 Å². The highest BCUT2D eigenvalue weighted by atomic mass is 16.5. The number of rotatable bonds is 7. The Hall–Kier alpha value is -1.55. The van der Waals surface area contributed by atoms with Gasteiger partial charge in [0.05, 0.1) is 5.60 Å². The maximum Gasteiger partial charge on any atom is 0.258 e. The van der Waals surface area contributed by atoms with Gasteiger partial charge in [0.1, 0.15) is 5.75 Å². The second-order valence-corrected chi connectivity index (χ2v) is 5.95. The molecule has 1 amide bonds. The van der Waals surface area contributed by atoms with Crippen LogP contribution in [0.5, 0.6) is 5.75 Å². The second kappa shape index (κ2) is 7.46. The number of aliphatic hydroxyl groups is 1. The summed E-state index contributed by atoms with van der Waals surface area (Å²) in [5.41, 5.74) is 1.12. The van der Waals surface area contributed by atoms with Crippen LogP contribution in [0.4, 0.5) is 0 Å². The molecule has 1 aromatic rings. The van der Waals surface area contributed by atoms with Crippen molar-refractivity contribution >= 4 is 5.91 Å². The van der Waals surface area contributed by atoms with Gasteiger partial charge >= 0.3 is 0 Å². The molecule has 1 rings (SSSR count). The lowest BCUT2D eigenvalue weighted by atomic mass is 9.89. The van der Waals surface area contributed by atoms with Gasteiger partial charge in [-0.1, -0.05) is 38.5 Å². The molecule has 0 bridgehead atoms. The van der Waals surface area contributed by atoms with Crippen molar-refractivity contribution in [3.8, 4) is 5.75 Å². The molecule has 2 unspecified atom stereocenters. The average Bonchev–Trinajstić information content (AvgIpc) is 2.43. The topological polar surface area (TPSA) is 58.6 Å². The fourth-order valence-corrected chi connectivity index (χ4v) is 2.11. The van der Waals surface area contributed by atoms with E-state index in [4.69, 9.17) is 4.74 Å². The zero-order valence-electron chi connectivity index (χ0n) is 13.7. The first-order valence-electron chi connectivity index (χ1n) is 7.46. The molecule has 1 aromatic carbocycles. The van der Waals surface area contributed by atoms with Crippen LogP contribution < -0.4 is 10.1 Å². The Morgan fingerprint density at radius 2 is 1.95 bits per heavy atom. The van der Waals surface area contributed by atoms with Gasteiger partial charge in [0.15, 0.2) is 6.61 Å². The highest BCUT2D eigenvalue weighted by Crippen LogP contribution is 2.22. The van der Waals surface area contributed by atoms with Gasteiger partial charge in [-0.2, -0.15) is 0 Å². The molecule has 0 aliphatic carbocycles. The van der Waals surface area contributed by atoms with E-state index >= 15 is 0 Å². The molecule has 118 valence electrons. The lowest BCUT2D eigenvalue weighted by molar-refractivity contribution is -0.124. The summed E-state index contributed by atoms with van der Waals surface area (Å²) in [7, 11) is 0. The quantitative estimate of drug-likeness (QED) is 0.812. The normalized spacial score (nSPS) is 15.1. The summed E-state index contributed by atoms with van der Waals surface area (Å²) >= 11 is 0. The number of hydrogen-bond acceptors (Lipinski definition) is 3. The van der Waals surface area contributed by atoms with Gasteiger partial charge in [0.2, 0.25) is 0 Å². The SMILES string of the molecule is CCC(C)C(C)(O)CNC(=O)COc1c(C)cccc1C. The smallest absolute Gasteiger partial charge is 0.258 e. The first-order valence-corrected chi connectivity index (χ1v) is 7.46. The Morgan fingerprint density at radius 3 is 2.48 bits per heavy atom. The minimum absolute atomic E-state index is 0.0394. The number of ether oxygens (including phenoxy) is 1. The number of carbonyl (C=O) groups excluding carboxylic acids is 1. The Morgan fingerprint density at radius 1 is 1.38 bits per heavy atom. The van der Waals surface area contributed by atoms with Gasteiger partial charge in [0, 0.05) is 6.54 Å². The van der Waals surface area contributed by atoms with E-state index in [0.29, 0.717) is 0 Å². The molecular formula is C17H27NO3. The summed E-state index contributed by atoms with van der Waals surface area (Å²) in [4.78, 5) is 11.8. The van der Waals surface area contributed by atoms with Gasteiger partial charge in [-0.15, -0.1) is 0 Å². The van der Waals surface area contributed by atoms with Gasteiger partial charge in [-0.25, -0.2) is 0 Å². The number of benzene rings is 1. The molecule has 0 saturated heterocycles. The summed E-state index contributed by atoms with van der Waals surface area (Å²) in [6.45, 7) is 9.83. The molecule has 4 heteroatoms. The lowest BCUT2D eigenvalue weighted by Gasteiger charge is -2.29. The summed E-state index contributed by atoms with van der Waals surface area (Å²) in [5.74, 6) is 0.653. The Kier molecular flexibility index (Phi) is 6.21. The third kappa shape index (κ3) is 5.05. The van der Waals surface area contributed by atoms with E-state index in [9.17, 15) is 9.90 Å². The number of nitrogens with one attached hydrogen (secondary N) is 1. The van der Waals surface area contributed by atoms with Crippen molar-refractivity contribution in [3.63, 3.8) is 0 Å². The highest BCUT2D eigenvalue weighted by Gasteiger charge is 2.27. The molecule has 0 fully saturated rings. The monoisotopic (exact) mass is 293 g/mol. The van der Waals surface area contributed by atoms with Crippen LogP contribution in [0.15, 0.2) is 18.2 Å². The zero-order chi connectivity index (χ0) is 16.0. The first kappa shape index (κ1) is 17.5. The second-order valence-electron chi connectivity index (χ2n) is 5.95. The van der Waals surface area contributed by atoms with Gasteiger partial charge in [-0.05, 0) is 37.8 Å². The summed E-state index contributed by atoms with van der Waals surface area (Å²) < 4.78 is 5.59. The minimum Gasteiger partial charge on any atom is -0.483 e. The summed E-state index contributed by atoms with van der Waals surface area (Å²) in [6, 6.07) is 5.86. The molecule has 0 spiro atoms. The highest BCUT2D eigenvalue weighted by molar-refractivity contribution is 5.77. The molecule has 0 radical (unpaired) electrons. The van der Waals surface area contributed by atoms with Crippen molar-refractivity contribution < 1.29 is 14.6 Å². The Bertz CT molecular complexity index is 463. The summed E-state index contributed by atoms with van der Waals surface area (Å²) in [6.07, 6.45) is 0.863. The van der Waals surface area contributed by atoms with E-state index < -0.39 is 5.60 Å². The molecule has 0 heterocycles. The number of para-hydroxylation sites is 1. The van der Waals surface area contributed by atoms with Gasteiger partial charge in [-0.3, -0.25) is 4.79 Å². The Labute approximate surface area is 127 Å². The third-order valence-electron chi connectivity index (χ3n) is 4.07. The van der Waals surface area contributed by atoms with Crippen LogP contribution in [-0.2, 0) is 4.79 Å². The molecule has 0 aliphatic rings. The van der Waals surface area contributed by atoms with Crippen LogP contribution in [-0.4, -0.2) is 29.8 Å². The van der Waals surface area contributed by atoms with Crippen molar-refractivity contribution in [1.29, 1.82) is 0 Å². The van der Waals surface area contributed by atoms with Gasteiger partial charge in [0.25, 0.3) is 5.91 Å². The van der Waals surface area contributed by atoms with Crippen molar-refractivity contribution in [2.75, 3.05) is 13.2 Å². The van der Waals surface area contributed by atoms with Crippen molar-refractivity contribution in [2.45, 2.75) is 46.6 Å². The average molecular weight is 293 g/mol. The zero-order valence-corrected chi connectivity index (χ0v) is 13.7. The van der Waals surface area contributed by atoms with Crippen LogP contribution in [0.3, 0.4) is 0 Å². The van der Waals surface area contributed by atoms with Crippen LogP contribution in [0.25, 0.3) is 0 Å². The molecule has 2 N–H and O–H groups in total. The predicted molar refractivity (Wildman–Crippen MR) is 84.5 cm³/mol. The molecule has 4 nitrogen and oxygen atoms in total. The van der Waals surface area contributed by atoms with E-state index in [2.05, 4.69) is 5.32 Å². The number of amides is 1. The van der Waals surface area contributed by atoms with E-state index in [1.54, 1.807) is 6.92 Å². The van der Waals surface area contributed by atoms with Gasteiger partial charge < -0.3 is 15.2 Å². The maximum atomic E-state index is 11.8. The Balaban J connectivity index is 2.49. The third-order valence-corrected chi connectivity index (χ3v) is 4.07. The molecule has 21 heavy (non-hydrogen) atoms. The predicted octanol–water partition coefficient (Wildman–Crippen LogP) is 2.60. The standard InChI is InChI=1S/C17H27NO3/c1-6-14(4)17(5,20)11-18-15(19)10-21-16-12(2)8-7-9-13(16)3/h7-9,14,20H,6,10-11H2,1-5H3,(H,18,19). The molecule has 0 aromatic heterocycles. The fraction of sp³-hybridized carbons (Fsp3) is 0.588. The van der Waals surface area contributed by atoms with E-state index in [1.165, 1.54) is 0 Å². The van der Waals surface area contributed by atoms with Crippen LogP contribution >= 0.6 is 0 Å². The van der Waals surface area contributed by atoms with Crippen LogP contribution in [0, 0.1) is 19.8 Å². The number of aryl methyl sites for hydroxylation is 2. The fourth-order valence-electron chi connectivity index (χ4n) is 2.11. The van der Waals surface area contributed by atoms with E-state index in [-0.39, 0.29) is 25.0 Å². The van der Waals surface area contributed by atoms with E-state index in [0.717, 1.165) is 23.3 Å². The largest absolute Gasteiger partial charge is 0.483 e. The first-order chi connectivity index (χ1) is 9.77. The summed E-state index contributed by atoms with van der Waals surface area (Å²) in [5, 5.41) is 13.0. The number of hydrogen-bond donors (Lipinski definition) is 2. The maximum absolute atomic E-state index is 11.8. The van der Waals surface area contributed by atoms with Crippen LogP contribution in [0.2, 0.25) is 0 Å². The molecule has 0 aliphatic heterocycles. The lowest BCUT2D eigenvalue weighted by Crippen LogP contribution is -2.46. The number of carbonyl (C=O) groups is 1. The van der Waals surface area contributed by atoms with E-state index in [1.807, 2.05) is 45.9 Å². The molecular weight excluding hydrogens is 266 g/mol. The van der Waals surface area contributed by atoms with Crippen molar-refractivity contribution in [1.82, 2.24) is 5.32 Å².